The smallest absolute Gasteiger partial charge is 0.237 e. The number of rotatable bonds is 2. The standard InChI is InChI=1S/C24H14N8/c1-3-7-19-15(5-1)17-9-22-18(10-21(17)31(19)23-27-11-25-12-28-23)16-6-2-4-8-20(16)32(22)24-29-13-26-14-30-24/h1-14H. The van der Waals surface area contributed by atoms with Gasteiger partial charge in [0.15, 0.2) is 0 Å². The highest BCUT2D eigenvalue weighted by molar-refractivity contribution is 6.18. The molecule has 7 rings (SSSR count). The summed E-state index contributed by atoms with van der Waals surface area (Å²) in [6, 6.07) is 21.0. The Morgan fingerprint density at radius 1 is 0.438 bits per heavy atom. The minimum absolute atomic E-state index is 0.590. The molecule has 32 heavy (non-hydrogen) atoms. The summed E-state index contributed by atoms with van der Waals surface area (Å²) in [6.07, 6.45) is 6.09. The zero-order valence-electron chi connectivity index (χ0n) is 16.7. The highest BCUT2D eigenvalue weighted by Crippen LogP contribution is 2.38. The molecule has 0 saturated heterocycles. The lowest BCUT2D eigenvalue weighted by atomic mass is 10.1. The summed E-state index contributed by atoms with van der Waals surface area (Å²) in [5.41, 5.74) is 4.14. The van der Waals surface area contributed by atoms with Crippen molar-refractivity contribution < 1.29 is 0 Å². The Bertz CT molecular complexity index is 1630. The van der Waals surface area contributed by atoms with Gasteiger partial charge in [0.1, 0.15) is 25.3 Å². The highest BCUT2D eigenvalue weighted by Gasteiger charge is 2.19. The molecule has 0 saturated carbocycles. The van der Waals surface area contributed by atoms with E-state index >= 15 is 0 Å². The largest absolute Gasteiger partial charge is 0.278 e. The Hall–Kier alpha value is -4.72. The Morgan fingerprint density at radius 2 is 0.844 bits per heavy atom. The summed E-state index contributed by atoms with van der Waals surface area (Å²) < 4.78 is 4.17. The average molecular weight is 414 g/mol. The van der Waals surface area contributed by atoms with Crippen molar-refractivity contribution in [1.82, 2.24) is 39.0 Å². The maximum absolute atomic E-state index is 4.43. The topological polar surface area (TPSA) is 87.2 Å². The van der Waals surface area contributed by atoms with E-state index in [4.69, 9.17) is 0 Å². The third-order valence-electron chi connectivity index (χ3n) is 5.83. The summed E-state index contributed by atoms with van der Waals surface area (Å²) in [5.74, 6) is 1.18. The lowest BCUT2D eigenvalue weighted by Crippen LogP contribution is -2.01. The van der Waals surface area contributed by atoms with Crippen LogP contribution in [0.15, 0.2) is 86.0 Å². The molecule has 0 aliphatic rings. The van der Waals surface area contributed by atoms with E-state index in [9.17, 15) is 0 Å². The van der Waals surface area contributed by atoms with Crippen LogP contribution in [0.25, 0.3) is 55.5 Å². The molecule has 4 aromatic heterocycles. The van der Waals surface area contributed by atoms with Gasteiger partial charge in [0.05, 0.1) is 22.1 Å². The number of hydrogen-bond donors (Lipinski definition) is 0. The zero-order valence-corrected chi connectivity index (χ0v) is 16.7. The molecule has 0 aliphatic carbocycles. The van der Waals surface area contributed by atoms with Crippen LogP contribution in [0.1, 0.15) is 0 Å². The van der Waals surface area contributed by atoms with Crippen molar-refractivity contribution in [2.45, 2.75) is 0 Å². The van der Waals surface area contributed by atoms with Crippen molar-refractivity contribution in [2.24, 2.45) is 0 Å². The normalized spacial score (nSPS) is 11.8. The fourth-order valence-corrected chi connectivity index (χ4v) is 4.56. The van der Waals surface area contributed by atoms with Crippen LogP contribution in [-0.4, -0.2) is 39.0 Å². The molecule has 7 aromatic rings. The summed E-state index contributed by atoms with van der Waals surface area (Å²) in [6.45, 7) is 0. The molecular weight excluding hydrogens is 400 g/mol. The SMILES string of the molecule is c1ccc2c(c1)c1cc3c(cc1n2-c1ncncn1)c1ccccc1n3-c1ncncn1. The van der Waals surface area contributed by atoms with Gasteiger partial charge in [-0.1, -0.05) is 36.4 Å². The molecule has 0 unspecified atom stereocenters. The molecule has 3 aromatic carbocycles. The molecule has 0 radical (unpaired) electrons. The highest BCUT2D eigenvalue weighted by atomic mass is 15.2. The van der Waals surface area contributed by atoms with Crippen molar-refractivity contribution in [2.75, 3.05) is 0 Å². The van der Waals surface area contributed by atoms with Crippen LogP contribution >= 0.6 is 0 Å². The maximum Gasteiger partial charge on any atom is 0.237 e. The second kappa shape index (κ2) is 6.39. The number of hydrogen-bond acceptors (Lipinski definition) is 6. The van der Waals surface area contributed by atoms with Gasteiger partial charge in [-0.25, -0.2) is 29.9 Å². The van der Waals surface area contributed by atoms with Gasteiger partial charge >= 0.3 is 0 Å². The van der Waals surface area contributed by atoms with Crippen LogP contribution < -0.4 is 0 Å². The fraction of sp³-hybridized carbons (Fsp3) is 0. The van der Waals surface area contributed by atoms with E-state index < -0.39 is 0 Å². The van der Waals surface area contributed by atoms with E-state index in [2.05, 4.69) is 75.4 Å². The molecule has 0 atom stereocenters. The van der Waals surface area contributed by atoms with E-state index in [1.54, 1.807) is 0 Å². The second-order valence-electron chi connectivity index (χ2n) is 7.47. The van der Waals surface area contributed by atoms with Crippen LogP contribution in [-0.2, 0) is 0 Å². The quantitative estimate of drug-likeness (QED) is 0.420. The lowest BCUT2D eigenvalue weighted by Gasteiger charge is -2.06. The van der Waals surface area contributed by atoms with Crippen molar-refractivity contribution in [3.8, 4) is 11.9 Å². The summed E-state index contributed by atoms with van der Waals surface area (Å²) >= 11 is 0. The van der Waals surface area contributed by atoms with E-state index in [1.165, 1.54) is 25.3 Å². The van der Waals surface area contributed by atoms with E-state index in [-0.39, 0.29) is 0 Å². The molecule has 0 bridgehead atoms. The van der Waals surface area contributed by atoms with Gasteiger partial charge in [-0.3, -0.25) is 9.13 Å². The van der Waals surface area contributed by atoms with Crippen molar-refractivity contribution >= 4 is 43.6 Å². The minimum atomic E-state index is 0.590. The van der Waals surface area contributed by atoms with Gasteiger partial charge in [-0.05, 0) is 24.3 Å². The number of nitrogens with zero attached hydrogens (tertiary/aromatic N) is 8. The molecule has 0 aliphatic heterocycles. The third kappa shape index (κ3) is 2.26. The zero-order chi connectivity index (χ0) is 21.1. The number of benzene rings is 3. The van der Waals surface area contributed by atoms with Crippen LogP contribution in [0.2, 0.25) is 0 Å². The van der Waals surface area contributed by atoms with Gasteiger partial charge in [0.25, 0.3) is 0 Å². The molecule has 0 spiro atoms. The van der Waals surface area contributed by atoms with Crippen LogP contribution in [0.3, 0.4) is 0 Å². The number of fused-ring (bicyclic) bond motifs is 6. The monoisotopic (exact) mass is 414 g/mol. The minimum Gasteiger partial charge on any atom is -0.278 e. The average Bonchev–Trinajstić information content (AvgIpc) is 3.36. The molecular formula is C24H14N8. The lowest BCUT2D eigenvalue weighted by molar-refractivity contribution is 0.937. The van der Waals surface area contributed by atoms with Crippen LogP contribution in [0.4, 0.5) is 0 Å². The number of para-hydroxylation sites is 2. The Balaban J connectivity index is 1.71. The van der Waals surface area contributed by atoms with Crippen LogP contribution in [0.5, 0.6) is 0 Å². The molecule has 0 amide bonds. The molecule has 8 nitrogen and oxygen atoms in total. The first kappa shape index (κ1) is 17.0. The molecule has 150 valence electrons. The first-order valence-electron chi connectivity index (χ1n) is 10.1. The maximum atomic E-state index is 4.43. The summed E-state index contributed by atoms with van der Waals surface area (Å²) in [7, 11) is 0. The Kier molecular flexibility index (Phi) is 3.40. The van der Waals surface area contributed by atoms with Gasteiger partial charge < -0.3 is 0 Å². The molecule has 8 heteroatoms. The second-order valence-corrected chi connectivity index (χ2v) is 7.47. The van der Waals surface area contributed by atoms with Gasteiger partial charge in [-0.15, -0.1) is 0 Å². The van der Waals surface area contributed by atoms with Crippen molar-refractivity contribution in [1.29, 1.82) is 0 Å². The summed E-state index contributed by atoms with van der Waals surface area (Å²) in [5, 5.41) is 4.45. The van der Waals surface area contributed by atoms with E-state index in [0.717, 1.165) is 43.6 Å². The fourth-order valence-electron chi connectivity index (χ4n) is 4.56. The first-order chi connectivity index (χ1) is 15.9. The Morgan fingerprint density at radius 3 is 1.28 bits per heavy atom. The first-order valence-corrected chi connectivity index (χ1v) is 10.1. The third-order valence-corrected chi connectivity index (χ3v) is 5.83. The molecule has 0 fully saturated rings. The van der Waals surface area contributed by atoms with Gasteiger partial charge in [-0.2, -0.15) is 0 Å². The number of aromatic nitrogens is 8. The van der Waals surface area contributed by atoms with E-state index in [0.29, 0.717) is 11.9 Å². The predicted octanol–water partition coefficient (Wildman–Crippen LogP) is 4.25. The summed E-state index contributed by atoms with van der Waals surface area (Å²) in [4.78, 5) is 25.7. The molecule has 4 heterocycles. The Labute approximate surface area is 180 Å². The van der Waals surface area contributed by atoms with E-state index in [1.807, 2.05) is 24.3 Å². The molecule has 0 N–H and O–H groups in total. The predicted molar refractivity (Wildman–Crippen MR) is 122 cm³/mol. The van der Waals surface area contributed by atoms with Gasteiger partial charge in [0.2, 0.25) is 11.9 Å². The van der Waals surface area contributed by atoms with Crippen molar-refractivity contribution in [3.05, 3.63) is 86.0 Å². The van der Waals surface area contributed by atoms with Gasteiger partial charge in [0, 0.05) is 21.5 Å². The van der Waals surface area contributed by atoms with Crippen LogP contribution in [0, 0.1) is 0 Å². The van der Waals surface area contributed by atoms with Crippen molar-refractivity contribution in [3.63, 3.8) is 0 Å².